The Morgan fingerprint density at radius 2 is 2.10 bits per heavy atom. The number of benzene rings is 1. The zero-order chi connectivity index (χ0) is 14.4. The summed E-state index contributed by atoms with van der Waals surface area (Å²) >= 11 is 0. The molecule has 1 aromatic rings. The van der Waals surface area contributed by atoms with Crippen LogP contribution in [-0.4, -0.2) is 42.2 Å². The van der Waals surface area contributed by atoms with Crippen LogP contribution >= 0.6 is 8.58 Å². The Bertz CT molecular complexity index is 429. The quantitative estimate of drug-likeness (QED) is 0.783. The van der Waals surface area contributed by atoms with E-state index >= 15 is 0 Å². The molecular formula is C15H22NO3P. The van der Waals surface area contributed by atoms with Crippen LogP contribution in [-0.2, 0) is 22.4 Å². The van der Waals surface area contributed by atoms with Gasteiger partial charge in [0.1, 0.15) is 6.04 Å². The molecule has 0 aliphatic carbocycles. The zero-order valence-electron chi connectivity index (χ0n) is 11.5. The number of ether oxygens (including phenoxy) is 1. The first-order valence-corrected chi connectivity index (χ1v) is 8.45. The maximum absolute atomic E-state index is 10.7. The van der Waals surface area contributed by atoms with Crippen LogP contribution in [0, 0.1) is 0 Å². The van der Waals surface area contributed by atoms with E-state index in [-0.39, 0.29) is 0 Å². The topological polar surface area (TPSA) is 72.5 Å². The maximum atomic E-state index is 10.7. The number of aliphatic carboxylic acids is 1. The van der Waals surface area contributed by atoms with Crippen molar-refractivity contribution in [2.24, 2.45) is 5.73 Å². The Morgan fingerprint density at radius 1 is 1.40 bits per heavy atom. The van der Waals surface area contributed by atoms with E-state index in [1.807, 2.05) is 12.1 Å². The van der Waals surface area contributed by atoms with Crippen LogP contribution in [0.2, 0.25) is 0 Å². The summed E-state index contributed by atoms with van der Waals surface area (Å²) in [5.41, 5.74) is 7.77. The maximum Gasteiger partial charge on any atom is 0.320 e. The van der Waals surface area contributed by atoms with Crippen molar-refractivity contribution in [1.29, 1.82) is 0 Å². The molecule has 110 valence electrons. The van der Waals surface area contributed by atoms with Gasteiger partial charge in [-0.2, -0.15) is 0 Å². The molecule has 3 N–H and O–H groups in total. The highest BCUT2D eigenvalue weighted by Crippen LogP contribution is 2.22. The van der Waals surface area contributed by atoms with Gasteiger partial charge in [-0.3, -0.25) is 4.79 Å². The Morgan fingerprint density at radius 3 is 2.70 bits per heavy atom. The lowest BCUT2D eigenvalue weighted by Crippen LogP contribution is -2.32. The molecule has 1 aromatic carbocycles. The minimum absolute atomic E-state index is 0.377. The third-order valence-corrected chi connectivity index (χ3v) is 4.86. The first-order valence-electron chi connectivity index (χ1n) is 7.03. The first kappa shape index (κ1) is 15.4. The minimum Gasteiger partial charge on any atom is -0.480 e. The molecular weight excluding hydrogens is 273 g/mol. The number of rotatable bonds is 6. The smallest absolute Gasteiger partial charge is 0.320 e. The first-order chi connectivity index (χ1) is 9.65. The molecule has 1 saturated heterocycles. The van der Waals surface area contributed by atoms with Gasteiger partial charge in [0.2, 0.25) is 0 Å². The number of hydrogen-bond acceptors (Lipinski definition) is 3. The van der Waals surface area contributed by atoms with Crippen molar-refractivity contribution < 1.29 is 14.6 Å². The highest BCUT2D eigenvalue weighted by Gasteiger charge is 2.14. The molecule has 5 heteroatoms. The fourth-order valence-corrected chi connectivity index (χ4v) is 3.43. The summed E-state index contributed by atoms with van der Waals surface area (Å²) in [6, 6.07) is 7.25. The molecule has 1 heterocycles. The van der Waals surface area contributed by atoms with Crippen molar-refractivity contribution >= 4 is 14.6 Å². The Balaban J connectivity index is 1.80. The average Bonchev–Trinajstić information content (AvgIpc) is 2.47. The van der Waals surface area contributed by atoms with Crippen molar-refractivity contribution in [2.45, 2.75) is 31.4 Å². The second-order valence-corrected chi connectivity index (χ2v) is 6.61. The van der Waals surface area contributed by atoms with Crippen LogP contribution in [0.5, 0.6) is 0 Å². The standard InChI is InChI=1S/C15H22NO3P/c16-14(15(17)18)9-12-3-1-11(2-4-12)5-6-13-10-20-8-7-19-13/h1-4,13-14,20H,5-10,16H2,(H,17,18). The third kappa shape index (κ3) is 4.86. The van der Waals surface area contributed by atoms with Crippen molar-refractivity contribution in [3.8, 4) is 0 Å². The highest BCUT2D eigenvalue weighted by molar-refractivity contribution is 7.38. The van der Waals surface area contributed by atoms with Crippen LogP contribution in [0.15, 0.2) is 24.3 Å². The molecule has 0 aromatic heterocycles. The molecule has 3 unspecified atom stereocenters. The molecule has 2 rings (SSSR count). The Kier molecular flexibility index (Phi) is 5.96. The number of aryl methyl sites for hydroxylation is 1. The lowest BCUT2D eigenvalue weighted by Gasteiger charge is -2.22. The molecule has 0 saturated carbocycles. The molecule has 0 radical (unpaired) electrons. The van der Waals surface area contributed by atoms with Crippen molar-refractivity contribution in [3.05, 3.63) is 35.4 Å². The molecule has 1 aliphatic rings. The van der Waals surface area contributed by atoms with Gasteiger partial charge in [-0.15, -0.1) is 8.58 Å². The van der Waals surface area contributed by atoms with Gasteiger partial charge in [0.15, 0.2) is 0 Å². The summed E-state index contributed by atoms with van der Waals surface area (Å²) in [5.74, 6) is -0.954. The molecule has 0 spiro atoms. The molecule has 0 amide bonds. The van der Waals surface area contributed by atoms with Crippen LogP contribution in [0.3, 0.4) is 0 Å². The monoisotopic (exact) mass is 295 g/mol. The summed E-state index contributed by atoms with van der Waals surface area (Å²) in [4.78, 5) is 10.7. The van der Waals surface area contributed by atoms with E-state index in [1.54, 1.807) is 0 Å². The van der Waals surface area contributed by atoms with Gasteiger partial charge in [-0.1, -0.05) is 24.3 Å². The fourth-order valence-electron chi connectivity index (χ4n) is 2.32. The lowest BCUT2D eigenvalue weighted by atomic mass is 10.0. The average molecular weight is 295 g/mol. The molecule has 1 aliphatic heterocycles. The van der Waals surface area contributed by atoms with Gasteiger partial charge < -0.3 is 15.6 Å². The van der Waals surface area contributed by atoms with Gasteiger partial charge in [-0.05, 0) is 42.7 Å². The van der Waals surface area contributed by atoms with E-state index in [2.05, 4.69) is 12.1 Å². The number of nitrogens with two attached hydrogens (primary N) is 1. The molecule has 3 atom stereocenters. The van der Waals surface area contributed by atoms with Crippen LogP contribution in [0.25, 0.3) is 0 Å². The minimum atomic E-state index is -0.954. The van der Waals surface area contributed by atoms with Gasteiger partial charge >= 0.3 is 5.97 Å². The summed E-state index contributed by atoms with van der Waals surface area (Å²) in [5, 5.41) is 8.79. The zero-order valence-corrected chi connectivity index (χ0v) is 12.5. The number of hydrogen-bond donors (Lipinski definition) is 2. The molecule has 0 bridgehead atoms. The van der Waals surface area contributed by atoms with E-state index in [0.717, 1.165) is 33.6 Å². The van der Waals surface area contributed by atoms with Gasteiger partial charge in [0.25, 0.3) is 0 Å². The van der Waals surface area contributed by atoms with Crippen molar-refractivity contribution in [1.82, 2.24) is 0 Å². The van der Waals surface area contributed by atoms with E-state index in [4.69, 9.17) is 15.6 Å². The van der Waals surface area contributed by atoms with E-state index in [0.29, 0.717) is 12.5 Å². The molecule has 1 fully saturated rings. The number of carboxylic acids is 1. The molecule has 4 nitrogen and oxygen atoms in total. The lowest BCUT2D eigenvalue weighted by molar-refractivity contribution is -0.138. The van der Waals surface area contributed by atoms with E-state index in [1.165, 1.54) is 17.9 Å². The van der Waals surface area contributed by atoms with Crippen molar-refractivity contribution in [2.75, 3.05) is 18.9 Å². The second-order valence-electron chi connectivity index (χ2n) is 5.20. The Labute approximate surface area is 121 Å². The van der Waals surface area contributed by atoms with Crippen LogP contribution in [0.1, 0.15) is 17.5 Å². The van der Waals surface area contributed by atoms with E-state index < -0.39 is 12.0 Å². The number of carbonyl (C=O) groups is 1. The van der Waals surface area contributed by atoms with Gasteiger partial charge in [0.05, 0.1) is 12.7 Å². The van der Waals surface area contributed by atoms with E-state index in [9.17, 15) is 4.79 Å². The highest BCUT2D eigenvalue weighted by atomic mass is 31.1. The summed E-state index contributed by atoms with van der Waals surface area (Å²) < 4.78 is 5.73. The normalized spacial score (nSPS) is 21.8. The van der Waals surface area contributed by atoms with Crippen molar-refractivity contribution in [3.63, 3.8) is 0 Å². The van der Waals surface area contributed by atoms with Crippen LogP contribution < -0.4 is 5.73 Å². The SMILES string of the molecule is NC(Cc1ccc(CCC2CPCCO2)cc1)C(=O)O. The predicted octanol–water partition coefficient (Wildman–Crippen LogP) is 1.65. The summed E-state index contributed by atoms with van der Waals surface area (Å²) in [6.07, 6.45) is 5.30. The van der Waals surface area contributed by atoms with Gasteiger partial charge in [0, 0.05) is 0 Å². The second kappa shape index (κ2) is 7.72. The summed E-state index contributed by atoms with van der Waals surface area (Å²) in [6.45, 7) is 0.912. The summed E-state index contributed by atoms with van der Waals surface area (Å²) in [7, 11) is 1.05. The number of carboxylic acid groups (broad SMARTS) is 1. The largest absolute Gasteiger partial charge is 0.480 e. The molecule has 20 heavy (non-hydrogen) atoms. The van der Waals surface area contributed by atoms with Crippen LogP contribution in [0.4, 0.5) is 0 Å². The Hall–Kier alpha value is -0.960. The van der Waals surface area contributed by atoms with Gasteiger partial charge in [-0.25, -0.2) is 0 Å². The third-order valence-electron chi connectivity index (χ3n) is 3.56. The predicted molar refractivity (Wildman–Crippen MR) is 81.9 cm³/mol. The fraction of sp³-hybridized carbons (Fsp3) is 0.533.